The Balaban J connectivity index is 1.80. The topological polar surface area (TPSA) is 130 Å². The molecule has 0 aliphatic carbocycles. The van der Waals surface area contributed by atoms with Crippen molar-refractivity contribution in [2.45, 2.75) is 71.1 Å². The highest BCUT2D eigenvalue weighted by molar-refractivity contribution is 5.87. The molecule has 0 saturated carbocycles. The monoisotopic (exact) mass is 475 g/mol. The van der Waals surface area contributed by atoms with Crippen LogP contribution in [0.2, 0.25) is 0 Å². The molecule has 1 fully saturated rings. The largest absolute Gasteiger partial charge is 0.456 e. The van der Waals surface area contributed by atoms with Crippen LogP contribution in [0.25, 0.3) is 10.9 Å². The summed E-state index contributed by atoms with van der Waals surface area (Å²) >= 11 is 0. The van der Waals surface area contributed by atoms with E-state index in [0.29, 0.717) is 0 Å². The number of ether oxygens (including phenoxy) is 5. The zero-order chi connectivity index (χ0) is 24.7. The average molecular weight is 475 g/mol. The molecule has 1 N–H and O–H groups in total. The van der Waals surface area contributed by atoms with Crippen LogP contribution in [0.3, 0.4) is 0 Å². The second kappa shape index (κ2) is 11.6. The predicted octanol–water partition coefficient (Wildman–Crippen LogP) is 2.58. The van der Waals surface area contributed by atoms with Crippen LogP contribution in [0.5, 0.6) is 0 Å². The minimum Gasteiger partial charge on any atom is -0.456 e. The number of aromatic amines is 1. The number of benzene rings is 1. The minimum atomic E-state index is -1.35. The Bertz CT molecular complexity index is 1030. The summed E-state index contributed by atoms with van der Waals surface area (Å²) in [5.74, 6) is -2.38. The number of H-pyrrole nitrogens is 1. The van der Waals surface area contributed by atoms with Crippen molar-refractivity contribution in [2.75, 3.05) is 6.61 Å². The fourth-order valence-electron chi connectivity index (χ4n) is 3.54. The third-order valence-corrected chi connectivity index (χ3v) is 5.32. The highest BCUT2D eigenvalue weighted by Gasteiger charge is 2.49. The molecule has 184 valence electrons. The average Bonchev–Trinajstić information content (AvgIpc) is 3.24. The van der Waals surface area contributed by atoms with E-state index in [2.05, 4.69) is 4.98 Å². The lowest BCUT2D eigenvalue weighted by Gasteiger charge is -2.40. The van der Waals surface area contributed by atoms with Gasteiger partial charge in [-0.2, -0.15) is 0 Å². The van der Waals surface area contributed by atoms with Gasteiger partial charge < -0.3 is 28.7 Å². The van der Waals surface area contributed by atoms with Crippen LogP contribution >= 0.6 is 0 Å². The summed E-state index contributed by atoms with van der Waals surface area (Å²) in [4.78, 5) is 52.0. The zero-order valence-corrected chi connectivity index (χ0v) is 19.4. The van der Waals surface area contributed by atoms with E-state index in [4.69, 9.17) is 23.7 Å². The highest BCUT2D eigenvalue weighted by Crippen LogP contribution is 2.27. The number of aromatic nitrogens is 1. The van der Waals surface area contributed by atoms with Gasteiger partial charge in [-0.25, -0.2) is 0 Å². The van der Waals surface area contributed by atoms with E-state index in [0.717, 1.165) is 16.5 Å². The van der Waals surface area contributed by atoms with Crippen molar-refractivity contribution < 1.29 is 42.9 Å². The molecule has 1 saturated heterocycles. The first-order valence-corrected chi connectivity index (χ1v) is 11.3. The number of hydrogen-bond acceptors (Lipinski definition) is 9. The van der Waals surface area contributed by atoms with E-state index < -0.39 is 48.5 Å². The molecule has 1 aromatic carbocycles. The first-order valence-electron chi connectivity index (χ1n) is 11.3. The van der Waals surface area contributed by atoms with Gasteiger partial charge in [0, 0.05) is 36.4 Å². The van der Waals surface area contributed by atoms with Gasteiger partial charge in [0.1, 0.15) is 0 Å². The predicted molar refractivity (Wildman–Crippen MR) is 118 cm³/mol. The molecular formula is C24H29NO9. The van der Waals surface area contributed by atoms with Crippen LogP contribution in [-0.2, 0) is 49.3 Å². The number of para-hydroxylation sites is 1. The van der Waals surface area contributed by atoms with Crippen LogP contribution in [0.1, 0.15) is 45.6 Å². The summed E-state index contributed by atoms with van der Waals surface area (Å²) in [6.45, 7) is 4.59. The molecule has 10 heteroatoms. The lowest BCUT2D eigenvalue weighted by Crippen LogP contribution is -2.58. The maximum absolute atomic E-state index is 12.8. The van der Waals surface area contributed by atoms with Crippen LogP contribution in [0.4, 0.5) is 0 Å². The molecule has 2 aromatic rings. The van der Waals surface area contributed by atoms with E-state index in [-0.39, 0.29) is 32.3 Å². The Hall–Kier alpha value is -3.40. The number of rotatable bonds is 9. The van der Waals surface area contributed by atoms with E-state index in [9.17, 15) is 19.2 Å². The van der Waals surface area contributed by atoms with Gasteiger partial charge in [-0.05, 0) is 11.6 Å². The Morgan fingerprint density at radius 2 is 1.47 bits per heavy atom. The lowest BCUT2D eigenvalue weighted by atomic mass is 10.0. The van der Waals surface area contributed by atoms with Crippen molar-refractivity contribution in [3.05, 3.63) is 36.0 Å². The van der Waals surface area contributed by atoms with Gasteiger partial charge in [0.2, 0.25) is 12.4 Å². The summed E-state index contributed by atoms with van der Waals surface area (Å²) < 4.78 is 27.4. The number of hydrogen-bond donors (Lipinski definition) is 1. The van der Waals surface area contributed by atoms with Crippen LogP contribution in [0.15, 0.2) is 30.5 Å². The molecule has 10 nitrogen and oxygen atoms in total. The molecule has 0 spiro atoms. The normalized spacial score (nSPS) is 22.1. The number of fused-ring (bicyclic) bond motifs is 1. The van der Waals surface area contributed by atoms with Gasteiger partial charge in [-0.3, -0.25) is 19.2 Å². The van der Waals surface area contributed by atoms with Gasteiger partial charge in [-0.1, -0.05) is 39.0 Å². The summed E-state index contributed by atoms with van der Waals surface area (Å²) in [6, 6.07) is 7.51. The quantitative estimate of drug-likeness (QED) is 0.429. The van der Waals surface area contributed by atoms with Gasteiger partial charge in [0.25, 0.3) is 0 Å². The van der Waals surface area contributed by atoms with Crippen molar-refractivity contribution in [3.8, 4) is 0 Å². The molecule has 1 aliphatic heterocycles. The Labute approximate surface area is 196 Å². The second-order valence-electron chi connectivity index (χ2n) is 7.73. The van der Waals surface area contributed by atoms with Crippen molar-refractivity contribution in [1.82, 2.24) is 4.98 Å². The summed E-state index contributed by atoms with van der Waals surface area (Å²) in [7, 11) is 0. The summed E-state index contributed by atoms with van der Waals surface area (Å²) in [6.07, 6.45) is -3.06. The third kappa shape index (κ3) is 6.13. The van der Waals surface area contributed by atoms with Gasteiger partial charge in [-0.15, -0.1) is 0 Å². The molecule has 0 unspecified atom stereocenters. The Morgan fingerprint density at radius 3 is 2.15 bits per heavy atom. The third-order valence-electron chi connectivity index (χ3n) is 5.32. The summed E-state index contributed by atoms with van der Waals surface area (Å²) in [5, 5.41) is 0.874. The van der Waals surface area contributed by atoms with Crippen LogP contribution < -0.4 is 0 Å². The Morgan fingerprint density at radius 1 is 0.853 bits per heavy atom. The number of nitrogens with one attached hydrogen (secondary N) is 1. The van der Waals surface area contributed by atoms with Crippen molar-refractivity contribution >= 4 is 34.8 Å². The SMILES string of the molecule is CCC(=O)O[C@@H]1[C@@H](OC(=O)CC)[C@@H](OC(=O)Cc2c[nH]c3ccccc23)OC[C@@H]1OC(=O)CC. The van der Waals surface area contributed by atoms with Gasteiger partial charge >= 0.3 is 23.9 Å². The smallest absolute Gasteiger partial charge is 0.312 e. The van der Waals surface area contributed by atoms with Crippen LogP contribution in [-0.4, -0.2) is 60.1 Å². The molecule has 0 radical (unpaired) electrons. The summed E-state index contributed by atoms with van der Waals surface area (Å²) in [5.41, 5.74) is 1.60. The molecule has 34 heavy (non-hydrogen) atoms. The molecule has 2 heterocycles. The number of carbonyl (C=O) groups is 4. The highest BCUT2D eigenvalue weighted by atomic mass is 16.7. The fraction of sp³-hybridized carbons (Fsp3) is 0.500. The minimum absolute atomic E-state index is 0.0281. The van der Waals surface area contributed by atoms with Crippen molar-refractivity contribution in [2.24, 2.45) is 0 Å². The van der Waals surface area contributed by atoms with Crippen LogP contribution in [0, 0.1) is 0 Å². The molecule has 4 atom stereocenters. The first kappa shape index (κ1) is 25.2. The molecule has 3 rings (SSSR count). The zero-order valence-electron chi connectivity index (χ0n) is 19.4. The van der Waals surface area contributed by atoms with Gasteiger partial charge in [0.15, 0.2) is 12.2 Å². The molecule has 1 aromatic heterocycles. The number of carbonyl (C=O) groups excluding carboxylic acids is 4. The van der Waals surface area contributed by atoms with Crippen molar-refractivity contribution in [1.29, 1.82) is 0 Å². The maximum atomic E-state index is 12.8. The Kier molecular flexibility index (Phi) is 8.64. The molecule has 1 aliphatic rings. The first-order chi connectivity index (χ1) is 16.4. The standard InChI is InChI=1S/C24H29NO9/c1-4-18(26)31-17-13-30-24(23(33-20(28)6-3)22(17)32-19(27)5-2)34-21(29)11-14-12-25-16-10-8-7-9-15(14)16/h7-10,12,17,22-25H,4-6,11,13H2,1-3H3/t17-,22-,23+,24+/m0/s1. The number of esters is 4. The van der Waals surface area contributed by atoms with Gasteiger partial charge in [0.05, 0.1) is 13.0 Å². The van der Waals surface area contributed by atoms with E-state index >= 15 is 0 Å². The second-order valence-corrected chi connectivity index (χ2v) is 7.73. The lowest BCUT2D eigenvalue weighted by molar-refractivity contribution is -0.275. The fourth-order valence-corrected chi connectivity index (χ4v) is 3.54. The maximum Gasteiger partial charge on any atom is 0.312 e. The van der Waals surface area contributed by atoms with Crippen molar-refractivity contribution in [3.63, 3.8) is 0 Å². The van der Waals surface area contributed by atoms with E-state index in [1.807, 2.05) is 24.3 Å². The molecule has 0 bridgehead atoms. The van der Waals surface area contributed by atoms with E-state index in [1.165, 1.54) is 0 Å². The van der Waals surface area contributed by atoms with E-state index in [1.54, 1.807) is 27.0 Å². The molecular weight excluding hydrogens is 446 g/mol. The molecule has 0 amide bonds.